The molecule has 0 fully saturated rings. The third-order valence-corrected chi connectivity index (χ3v) is 3.42. The van der Waals surface area contributed by atoms with Crippen LogP contribution in [0.15, 0.2) is 24.3 Å². The van der Waals surface area contributed by atoms with E-state index >= 15 is 0 Å². The predicted molar refractivity (Wildman–Crippen MR) is 72.6 cm³/mol. The second-order valence-electron chi connectivity index (χ2n) is 4.89. The molecule has 0 bridgehead atoms. The molecule has 0 N–H and O–H groups in total. The number of amides is 2. The zero-order chi connectivity index (χ0) is 15.7. The van der Waals surface area contributed by atoms with Gasteiger partial charge < -0.3 is 4.74 Å². The van der Waals surface area contributed by atoms with Crippen molar-refractivity contribution < 1.29 is 23.9 Å². The summed E-state index contributed by atoms with van der Waals surface area (Å²) in [5.74, 6) is -2.16. The minimum absolute atomic E-state index is 0.266. The van der Waals surface area contributed by atoms with Crippen LogP contribution in [0.2, 0.25) is 0 Å². The van der Waals surface area contributed by atoms with Crippen molar-refractivity contribution in [2.24, 2.45) is 0 Å². The van der Waals surface area contributed by atoms with Crippen molar-refractivity contribution in [3.63, 3.8) is 0 Å². The van der Waals surface area contributed by atoms with E-state index in [0.717, 1.165) is 4.90 Å². The van der Waals surface area contributed by atoms with E-state index in [1.807, 2.05) is 0 Å². The largest absolute Gasteiger partial charge is 0.453 e. The Labute approximate surface area is 121 Å². The second-order valence-corrected chi connectivity index (χ2v) is 4.89. The van der Waals surface area contributed by atoms with Crippen LogP contribution in [0.1, 0.15) is 41.5 Å². The Balaban J connectivity index is 2.20. The van der Waals surface area contributed by atoms with E-state index in [0.29, 0.717) is 0 Å². The molecule has 6 nitrogen and oxygen atoms in total. The highest BCUT2D eigenvalue weighted by molar-refractivity contribution is 6.22. The van der Waals surface area contributed by atoms with Gasteiger partial charge in [0.1, 0.15) is 6.04 Å². The predicted octanol–water partition coefficient (Wildman–Crippen LogP) is 1.19. The summed E-state index contributed by atoms with van der Waals surface area (Å²) < 4.78 is 4.95. The van der Waals surface area contributed by atoms with Gasteiger partial charge in [0.2, 0.25) is 0 Å². The summed E-state index contributed by atoms with van der Waals surface area (Å²) in [6, 6.07) is 5.28. The van der Waals surface area contributed by atoms with Crippen molar-refractivity contribution in [1.82, 2.24) is 4.90 Å². The number of esters is 1. The molecule has 1 aromatic rings. The van der Waals surface area contributed by atoms with Gasteiger partial charge >= 0.3 is 5.97 Å². The number of rotatable bonds is 4. The molecule has 0 saturated heterocycles. The number of nitrogens with zero attached hydrogens (tertiary/aromatic N) is 1. The lowest BCUT2D eigenvalue weighted by Gasteiger charge is -2.22. The normalized spacial score (nSPS) is 16.4. The average Bonchev–Trinajstić information content (AvgIpc) is 2.70. The smallest absolute Gasteiger partial charge is 0.329 e. The number of benzene rings is 1. The Morgan fingerprint density at radius 3 is 1.95 bits per heavy atom. The zero-order valence-electron chi connectivity index (χ0n) is 12.0. The van der Waals surface area contributed by atoms with Crippen LogP contribution in [-0.2, 0) is 14.3 Å². The molecule has 6 heteroatoms. The third-order valence-electron chi connectivity index (χ3n) is 3.42. The van der Waals surface area contributed by atoms with E-state index in [1.165, 1.54) is 32.9 Å². The molecule has 0 unspecified atom stereocenters. The zero-order valence-corrected chi connectivity index (χ0v) is 12.0. The SMILES string of the molecule is CC(=O)[C@H](C)OC(=O)[C@@H](C)N1C(=O)c2ccccc2C1=O. The lowest BCUT2D eigenvalue weighted by molar-refractivity contribution is -0.156. The number of ketones is 1. The molecule has 1 aliphatic rings. The molecule has 0 aliphatic carbocycles. The molecule has 1 aliphatic heterocycles. The van der Waals surface area contributed by atoms with E-state index in [4.69, 9.17) is 4.74 Å². The molecule has 2 atom stereocenters. The monoisotopic (exact) mass is 289 g/mol. The lowest BCUT2D eigenvalue weighted by atomic mass is 10.1. The summed E-state index contributed by atoms with van der Waals surface area (Å²) in [6.45, 7) is 4.14. The molecule has 2 amide bonds. The van der Waals surface area contributed by atoms with E-state index in [9.17, 15) is 19.2 Å². The third kappa shape index (κ3) is 2.56. The first-order valence-electron chi connectivity index (χ1n) is 6.52. The number of fused-ring (bicyclic) bond motifs is 1. The summed E-state index contributed by atoms with van der Waals surface area (Å²) in [6.07, 6.45) is -0.907. The van der Waals surface area contributed by atoms with E-state index in [1.54, 1.807) is 12.1 Å². The molecule has 1 aromatic carbocycles. The summed E-state index contributed by atoms with van der Waals surface area (Å²) >= 11 is 0. The Kier molecular flexibility index (Phi) is 3.88. The number of carbonyl (C=O) groups excluding carboxylic acids is 4. The van der Waals surface area contributed by atoms with Crippen molar-refractivity contribution in [3.8, 4) is 0 Å². The Morgan fingerprint density at radius 2 is 1.52 bits per heavy atom. The van der Waals surface area contributed by atoms with E-state index in [2.05, 4.69) is 0 Å². The molecule has 0 saturated carbocycles. The van der Waals surface area contributed by atoms with Gasteiger partial charge in [-0.2, -0.15) is 0 Å². The molecule has 1 heterocycles. The van der Waals surface area contributed by atoms with Crippen LogP contribution >= 0.6 is 0 Å². The van der Waals surface area contributed by atoms with Crippen LogP contribution in [0.4, 0.5) is 0 Å². The van der Waals surface area contributed by atoms with Crippen molar-refractivity contribution in [2.45, 2.75) is 32.9 Å². The first kappa shape index (κ1) is 14.9. The molecule has 0 aromatic heterocycles. The summed E-state index contributed by atoms with van der Waals surface area (Å²) in [4.78, 5) is 48.3. The van der Waals surface area contributed by atoms with Gasteiger partial charge in [0.05, 0.1) is 11.1 Å². The highest BCUT2D eigenvalue weighted by Crippen LogP contribution is 2.24. The van der Waals surface area contributed by atoms with Gasteiger partial charge in [0, 0.05) is 0 Å². The van der Waals surface area contributed by atoms with Crippen molar-refractivity contribution >= 4 is 23.6 Å². The van der Waals surface area contributed by atoms with E-state index < -0.39 is 29.9 Å². The first-order valence-corrected chi connectivity index (χ1v) is 6.52. The number of ether oxygens (including phenoxy) is 1. The number of hydrogen-bond donors (Lipinski definition) is 0. The minimum atomic E-state index is -1.08. The van der Waals surface area contributed by atoms with Gasteiger partial charge in [-0.1, -0.05) is 12.1 Å². The number of carbonyl (C=O) groups is 4. The number of Topliss-reactive ketones (excluding diaryl/α,β-unsaturated/α-hetero) is 1. The Hall–Kier alpha value is -2.50. The summed E-state index contributed by atoms with van der Waals surface area (Å²) in [5.41, 5.74) is 0.531. The standard InChI is InChI=1S/C15H15NO5/c1-8(15(20)21-10(3)9(2)17)16-13(18)11-6-4-5-7-12(11)14(16)19/h4-8,10H,1-3H3/t8-,10+/m1/s1. The van der Waals surface area contributed by atoms with Gasteiger partial charge in [-0.05, 0) is 32.9 Å². The molecule has 2 rings (SSSR count). The number of hydrogen-bond acceptors (Lipinski definition) is 5. The Morgan fingerprint density at radius 1 is 1.05 bits per heavy atom. The van der Waals surface area contributed by atoms with Crippen LogP contribution in [0.3, 0.4) is 0 Å². The van der Waals surface area contributed by atoms with Crippen LogP contribution in [-0.4, -0.2) is 40.6 Å². The maximum Gasteiger partial charge on any atom is 0.329 e. The van der Waals surface area contributed by atoms with Crippen LogP contribution in [0, 0.1) is 0 Å². The van der Waals surface area contributed by atoms with Gasteiger partial charge in [-0.3, -0.25) is 19.3 Å². The molecule has 21 heavy (non-hydrogen) atoms. The molecule has 110 valence electrons. The molecule has 0 radical (unpaired) electrons. The maximum atomic E-state index is 12.2. The quantitative estimate of drug-likeness (QED) is 0.614. The first-order chi connectivity index (χ1) is 9.84. The molecular weight excluding hydrogens is 274 g/mol. The highest BCUT2D eigenvalue weighted by Gasteiger charge is 2.41. The summed E-state index contributed by atoms with van der Waals surface area (Å²) in [5, 5.41) is 0. The van der Waals surface area contributed by atoms with Crippen molar-refractivity contribution in [1.29, 1.82) is 0 Å². The van der Waals surface area contributed by atoms with Crippen molar-refractivity contribution in [2.75, 3.05) is 0 Å². The highest BCUT2D eigenvalue weighted by atomic mass is 16.5. The molecule has 0 spiro atoms. The second kappa shape index (κ2) is 5.47. The average molecular weight is 289 g/mol. The van der Waals surface area contributed by atoms with E-state index in [-0.39, 0.29) is 16.9 Å². The number of imide groups is 1. The van der Waals surface area contributed by atoms with Crippen molar-refractivity contribution in [3.05, 3.63) is 35.4 Å². The molecular formula is C15H15NO5. The van der Waals surface area contributed by atoms with Crippen LogP contribution < -0.4 is 0 Å². The van der Waals surface area contributed by atoms with Crippen LogP contribution in [0.25, 0.3) is 0 Å². The summed E-state index contributed by atoms with van der Waals surface area (Å²) in [7, 11) is 0. The van der Waals surface area contributed by atoms with Gasteiger partial charge in [-0.25, -0.2) is 4.79 Å². The van der Waals surface area contributed by atoms with Crippen LogP contribution in [0.5, 0.6) is 0 Å². The van der Waals surface area contributed by atoms with Gasteiger partial charge in [-0.15, -0.1) is 0 Å². The van der Waals surface area contributed by atoms with Gasteiger partial charge in [0.25, 0.3) is 11.8 Å². The fourth-order valence-corrected chi connectivity index (χ4v) is 2.02. The maximum absolute atomic E-state index is 12.2. The fraction of sp³-hybridized carbons (Fsp3) is 0.333. The fourth-order valence-electron chi connectivity index (χ4n) is 2.02. The Bertz CT molecular complexity index is 602. The topological polar surface area (TPSA) is 80.8 Å². The lowest BCUT2D eigenvalue weighted by Crippen LogP contribution is -2.45. The minimum Gasteiger partial charge on any atom is -0.453 e. The van der Waals surface area contributed by atoms with Gasteiger partial charge in [0.15, 0.2) is 11.9 Å².